The first-order valence-electron chi connectivity index (χ1n) is 12.6. The molecule has 1 aliphatic carbocycles. The van der Waals surface area contributed by atoms with Crippen LogP contribution in [0.5, 0.6) is 11.5 Å². The first kappa shape index (κ1) is 27.2. The van der Waals surface area contributed by atoms with Crippen LogP contribution in [0.15, 0.2) is 48.5 Å². The molecule has 0 radical (unpaired) electrons. The minimum Gasteiger partial charge on any atom is -0.495 e. The molecule has 0 unspecified atom stereocenters. The lowest BCUT2D eigenvalue weighted by molar-refractivity contribution is -0.122. The van der Waals surface area contributed by atoms with Gasteiger partial charge in [-0.3, -0.25) is 9.59 Å². The normalized spacial score (nSPS) is 15.1. The van der Waals surface area contributed by atoms with Gasteiger partial charge in [0.1, 0.15) is 16.5 Å². The smallest absolute Gasteiger partial charge is 0.341 e. The molecule has 2 amide bonds. The summed E-state index contributed by atoms with van der Waals surface area (Å²) in [6.45, 7) is 5.87. The third kappa shape index (κ3) is 6.16. The van der Waals surface area contributed by atoms with Crippen molar-refractivity contribution in [3.8, 4) is 11.5 Å². The first-order valence-corrected chi connectivity index (χ1v) is 13.5. The molecule has 2 N–H and O–H groups in total. The van der Waals surface area contributed by atoms with Gasteiger partial charge in [-0.25, -0.2) is 4.79 Å². The van der Waals surface area contributed by atoms with Crippen molar-refractivity contribution >= 4 is 39.8 Å². The fraction of sp³-hybridized carbons (Fsp3) is 0.345. The summed E-state index contributed by atoms with van der Waals surface area (Å²) >= 11 is 1.45. The maximum Gasteiger partial charge on any atom is 0.341 e. The molecule has 9 heteroatoms. The van der Waals surface area contributed by atoms with E-state index in [4.69, 9.17) is 14.2 Å². The van der Waals surface area contributed by atoms with Crippen LogP contribution in [0.1, 0.15) is 58.3 Å². The number of carbonyl (C=O) groups is 3. The Morgan fingerprint density at radius 1 is 1.08 bits per heavy atom. The fourth-order valence-corrected chi connectivity index (χ4v) is 5.75. The second-order valence-corrected chi connectivity index (χ2v) is 10.3. The zero-order valence-electron chi connectivity index (χ0n) is 22.0. The molecule has 0 fully saturated rings. The van der Waals surface area contributed by atoms with Crippen molar-refractivity contribution in [3.63, 3.8) is 0 Å². The maximum atomic E-state index is 13.1. The number of rotatable bonds is 9. The van der Waals surface area contributed by atoms with Gasteiger partial charge in [0.25, 0.3) is 11.8 Å². The predicted octanol–water partition coefficient (Wildman–Crippen LogP) is 5.72. The molecule has 200 valence electrons. The SMILES string of the molecule is CCOC(=O)c1c(NC(=O)c2ccc(O[C@@H](C)C(=O)Nc3ccccc3OC)cc2)sc2c1CC[C@H](C)C2. The summed E-state index contributed by atoms with van der Waals surface area (Å²) in [6.07, 6.45) is 1.90. The Kier molecular flexibility index (Phi) is 8.68. The van der Waals surface area contributed by atoms with Crippen LogP contribution in [-0.4, -0.2) is 37.6 Å². The van der Waals surface area contributed by atoms with Gasteiger partial charge < -0.3 is 24.8 Å². The molecular formula is C29H32N2O6S. The minimum atomic E-state index is -0.786. The van der Waals surface area contributed by atoms with E-state index in [1.807, 2.05) is 6.07 Å². The van der Waals surface area contributed by atoms with Crippen molar-refractivity contribution in [1.82, 2.24) is 0 Å². The molecule has 1 aromatic heterocycles. The quantitative estimate of drug-likeness (QED) is 0.339. The lowest BCUT2D eigenvalue weighted by Gasteiger charge is -2.18. The van der Waals surface area contributed by atoms with Gasteiger partial charge in [-0.1, -0.05) is 19.1 Å². The number of methoxy groups -OCH3 is 1. The standard InChI is InChI=1S/C29H32N2O6S/c1-5-36-29(34)25-21-15-10-17(2)16-24(21)38-28(25)31-27(33)19-11-13-20(14-12-19)37-18(3)26(32)30-22-8-6-7-9-23(22)35-4/h6-9,11-14,17-18H,5,10,15-16H2,1-4H3,(H,30,32)(H,31,33)/t17-,18-/m0/s1. The molecular weight excluding hydrogens is 504 g/mol. The monoisotopic (exact) mass is 536 g/mol. The summed E-state index contributed by atoms with van der Waals surface area (Å²) in [6, 6.07) is 13.6. The number of ether oxygens (including phenoxy) is 3. The van der Waals surface area contributed by atoms with Crippen LogP contribution in [0.2, 0.25) is 0 Å². The van der Waals surface area contributed by atoms with E-state index in [1.54, 1.807) is 56.3 Å². The zero-order chi connectivity index (χ0) is 27.2. The summed E-state index contributed by atoms with van der Waals surface area (Å²) in [7, 11) is 1.54. The highest BCUT2D eigenvalue weighted by Gasteiger charge is 2.29. The van der Waals surface area contributed by atoms with Gasteiger partial charge in [0.05, 0.1) is 25.0 Å². The number of para-hydroxylation sites is 2. The lowest BCUT2D eigenvalue weighted by atomic mass is 9.88. The maximum absolute atomic E-state index is 13.1. The molecule has 3 aromatic rings. The molecule has 0 spiro atoms. The van der Waals surface area contributed by atoms with Crippen molar-refractivity contribution in [3.05, 3.63) is 70.1 Å². The number of hydrogen-bond acceptors (Lipinski definition) is 7. The number of benzene rings is 2. The van der Waals surface area contributed by atoms with E-state index in [0.29, 0.717) is 39.2 Å². The number of hydrogen-bond donors (Lipinski definition) is 2. The Morgan fingerprint density at radius 3 is 2.53 bits per heavy atom. The fourth-order valence-electron chi connectivity index (χ4n) is 4.36. The van der Waals surface area contributed by atoms with Crippen molar-refractivity contribution in [2.75, 3.05) is 24.4 Å². The molecule has 0 saturated heterocycles. The molecule has 0 aliphatic heterocycles. The predicted molar refractivity (Wildman–Crippen MR) is 148 cm³/mol. The van der Waals surface area contributed by atoms with Crippen LogP contribution in [0, 0.1) is 5.92 Å². The number of amides is 2. The third-order valence-electron chi connectivity index (χ3n) is 6.38. The Balaban J connectivity index is 1.42. The van der Waals surface area contributed by atoms with Crippen molar-refractivity contribution < 1.29 is 28.6 Å². The van der Waals surface area contributed by atoms with E-state index in [9.17, 15) is 14.4 Å². The zero-order valence-corrected chi connectivity index (χ0v) is 22.8. The Labute approximate surface area is 226 Å². The van der Waals surface area contributed by atoms with Gasteiger partial charge in [-0.2, -0.15) is 0 Å². The van der Waals surface area contributed by atoms with Crippen LogP contribution in [-0.2, 0) is 22.4 Å². The van der Waals surface area contributed by atoms with E-state index >= 15 is 0 Å². The van der Waals surface area contributed by atoms with E-state index in [2.05, 4.69) is 17.6 Å². The van der Waals surface area contributed by atoms with Gasteiger partial charge in [0.2, 0.25) is 0 Å². The molecule has 38 heavy (non-hydrogen) atoms. The molecule has 2 atom stereocenters. The largest absolute Gasteiger partial charge is 0.495 e. The molecule has 0 bridgehead atoms. The van der Waals surface area contributed by atoms with Crippen molar-refractivity contribution in [2.45, 2.75) is 46.1 Å². The Hall–Kier alpha value is -3.85. The summed E-state index contributed by atoms with van der Waals surface area (Å²) in [4.78, 5) is 39.5. The van der Waals surface area contributed by atoms with Crippen LogP contribution < -0.4 is 20.1 Å². The van der Waals surface area contributed by atoms with Crippen LogP contribution >= 0.6 is 11.3 Å². The summed E-state index contributed by atoms with van der Waals surface area (Å²) in [5.41, 5.74) is 2.42. The highest BCUT2D eigenvalue weighted by atomic mass is 32.1. The van der Waals surface area contributed by atoms with Gasteiger partial charge in [0, 0.05) is 10.4 Å². The van der Waals surface area contributed by atoms with Gasteiger partial charge in [-0.05, 0) is 81.0 Å². The molecule has 0 saturated carbocycles. The summed E-state index contributed by atoms with van der Waals surface area (Å²) < 4.78 is 16.3. The third-order valence-corrected chi connectivity index (χ3v) is 7.55. The first-order chi connectivity index (χ1) is 18.3. The highest BCUT2D eigenvalue weighted by Crippen LogP contribution is 2.40. The number of carbonyl (C=O) groups excluding carboxylic acids is 3. The number of anilines is 2. The molecule has 8 nitrogen and oxygen atoms in total. The van der Waals surface area contributed by atoms with E-state index in [-0.39, 0.29) is 18.4 Å². The van der Waals surface area contributed by atoms with E-state index in [1.165, 1.54) is 18.4 Å². The van der Waals surface area contributed by atoms with Gasteiger partial charge >= 0.3 is 5.97 Å². The highest BCUT2D eigenvalue weighted by molar-refractivity contribution is 7.17. The van der Waals surface area contributed by atoms with Gasteiger partial charge in [-0.15, -0.1) is 11.3 Å². The molecule has 1 aliphatic rings. The number of nitrogens with one attached hydrogen (secondary N) is 2. The topological polar surface area (TPSA) is 103 Å². The van der Waals surface area contributed by atoms with Gasteiger partial charge in [0.15, 0.2) is 6.10 Å². The average Bonchev–Trinajstić information content (AvgIpc) is 3.26. The van der Waals surface area contributed by atoms with E-state index in [0.717, 1.165) is 29.7 Å². The Bertz CT molecular complexity index is 1320. The number of fused-ring (bicyclic) bond motifs is 1. The van der Waals surface area contributed by atoms with E-state index < -0.39 is 12.1 Å². The second-order valence-electron chi connectivity index (χ2n) is 9.20. The average molecular weight is 537 g/mol. The molecule has 1 heterocycles. The number of thiophene rings is 1. The molecule has 2 aromatic carbocycles. The van der Waals surface area contributed by atoms with Crippen LogP contribution in [0.4, 0.5) is 10.7 Å². The minimum absolute atomic E-state index is 0.268. The van der Waals surface area contributed by atoms with Crippen molar-refractivity contribution in [1.29, 1.82) is 0 Å². The summed E-state index contributed by atoms with van der Waals surface area (Å²) in [5, 5.41) is 6.23. The van der Waals surface area contributed by atoms with Crippen LogP contribution in [0.3, 0.4) is 0 Å². The molecule has 4 rings (SSSR count). The lowest BCUT2D eigenvalue weighted by Crippen LogP contribution is -2.30. The van der Waals surface area contributed by atoms with Crippen LogP contribution in [0.25, 0.3) is 0 Å². The van der Waals surface area contributed by atoms with Crippen molar-refractivity contribution in [2.24, 2.45) is 5.92 Å². The second kappa shape index (κ2) is 12.1. The Morgan fingerprint density at radius 2 is 1.82 bits per heavy atom. The summed E-state index contributed by atoms with van der Waals surface area (Å²) in [5.74, 6) is 0.452. The number of esters is 1.